The topological polar surface area (TPSA) is 95.5 Å². The maximum absolute atomic E-state index is 13.5. The van der Waals surface area contributed by atoms with Crippen molar-refractivity contribution in [3.63, 3.8) is 0 Å². The largest absolute Gasteiger partial charge is 0.508 e. The number of aromatic nitrogens is 2. The summed E-state index contributed by atoms with van der Waals surface area (Å²) in [7, 11) is 0. The molecule has 5 rings (SSSR count). The summed E-state index contributed by atoms with van der Waals surface area (Å²) >= 11 is 0. The molecule has 0 spiro atoms. The van der Waals surface area contributed by atoms with Crippen LogP contribution in [0.2, 0.25) is 0 Å². The van der Waals surface area contributed by atoms with Crippen LogP contribution >= 0.6 is 0 Å². The van der Waals surface area contributed by atoms with Gasteiger partial charge in [0.05, 0.1) is 23.9 Å². The summed E-state index contributed by atoms with van der Waals surface area (Å²) in [5.41, 5.74) is 4.66. The number of aromatic amines is 1. The minimum Gasteiger partial charge on any atom is -0.508 e. The Bertz CT molecular complexity index is 1310. The molecule has 7 heteroatoms. The summed E-state index contributed by atoms with van der Waals surface area (Å²) in [6, 6.07) is 22.8. The Hall–Kier alpha value is -4.39. The number of phenols is 1. The highest BCUT2D eigenvalue weighted by Gasteiger charge is 2.43. The van der Waals surface area contributed by atoms with Gasteiger partial charge in [-0.05, 0) is 48.9 Å². The predicted molar refractivity (Wildman–Crippen MR) is 123 cm³/mol. The second-order valence-corrected chi connectivity index (χ2v) is 7.66. The third-order valence-electron chi connectivity index (χ3n) is 5.68. The zero-order valence-electron chi connectivity index (χ0n) is 17.9. The third kappa shape index (κ3) is 3.53. The average molecular weight is 439 g/mol. The smallest absolute Gasteiger partial charge is 0.338 e. The van der Waals surface area contributed by atoms with Gasteiger partial charge in [-0.1, -0.05) is 42.5 Å². The Morgan fingerprint density at radius 3 is 2.39 bits per heavy atom. The molecule has 0 saturated carbocycles. The number of H-pyrrole nitrogens is 1. The van der Waals surface area contributed by atoms with Gasteiger partial charge in [0.25, 0.3) is 5.91 Å². The fourth-order valence-electron chi connectivity index (χ4n) is 4.17. The highest BCUT2D eigenvalue weighted by atomic mass is 16.5. The van der Waals surface area contributed by atoms with Crippen LogP contribution in [0.5, 0.6) is 5.75 Å². The fourth-order valence-corrected chi connectivity index (χ4v) is 4.17. The van der Waals surface area contributed by atoms with Crippen molar-refractivity contribution in [1.82, 2.24) is 10.2 Å². The molecule has 2 N–H and O–H groups in total. The molecule has 7 nitrogen and oxygen atoms in total. The number of nitrogens with one attached hydrogen (secondary N) is 1. The van der Waals surface area contributed by atoms with Gasteiger partial charge in [0, 0.05) is 16.8 Å². The van der Waals surface area contributed by atoms with E-state index in [2.05, 4.69) is 10.2 Å². The lowest BCUT2D eigenvalue weighted by Crippen LogP contribution is -2.29. The van der Waals surface area contributed by atoms with Crippen molar-refractivity contribution in [2.75, 3.05) is 11.5 Å². The molecule has 1 amide bonds. The molecule has 1 aliphatic heterocycles. The first-order chi connectivity index (χ1) is 16.1. The average Bonchev–Trinajstić information content (AvgIpc) is 3.39. The first kappa shape index (κ1) is 20.5. The Morgan fingerprint density at radius 2 is 1.73 bits per heavy atom. The Kier molecular flexibility index (Phi) is 5.14. The molecule has 1 atom stereocenters. The maximum atomic E-state index is 13.5. The van der Waals surface area contributed by atoms with Gasteiger partial charge in [-0.2, -0.15) is 5.10 Å². The lowest BCUT2D eigenvalue weighted by Gasteiger charge is -2.26. The van der Waals surface area contributed by atoms with E-state index in [-0.39, 0.29) is 18.3 Å². The Labute approximate surface area is 190 Å². The van der Waals surface area contributed by atoms with Crippen molar-refractivity contribution in [2.45, 2.75) is 13.0 Å². The zero-order valence-corrected chi connectivity index (χ0v) is 17.9. The molecule has 0 fully saturated rings. The number of phenolic OH excluding ortho intramolecular Hbond substituents is 1. The molecule has 164 valence electrons. The van der Waals surface area contributed by atoms with Gasteiger partial charge in [-0.25, -0.2) is 4.79 Å². The maximum Gasteiger partial charge on any atom is 0.338 e. The van der Waals surface area contributed by atoms with E-state index in [4.69, 9.17) is 4.74 Å². The summed E-state index contributed by atoms with van der Waals surface area (Å²) in [6.07, 6.45) is 0. The Balaban J connectivity index is 1.63. The SMILES string of the molecule is CCOC(=O)c1ccc(N2C(=O)c3[nH]nc(-c4ccccc4)c3[C@@H]2c2ccc(O)cc2)cc1. The number of esters is 1. The predicted octanol–water partition coefficient (Wildman–Crippen LogP) is 4.71. The van der Waals surface area contributed by atoms with E-state index in [1.54, 1.807) is 60.4 Å². The number of aromatic hydroxyl groups is 1. The molecule has 0 radical (unpaired) electrons. The van der Waals surface area contributed by atoms with Crippen LogP contribution in [0.3, 0.4) is 0 Å². The second-order valence-electron chi connectivity index (χ2n) is 7.66. The highest BCUT2D eigenvalue weighted by molar-refractivity contribution is 6.12. The highest BCUT2D eigenvalue weighted by Crippen LogP contribution is 2.45. The van der Waals surface area contributed by atoms with Gasteiger partial charge in [0.15, 0.2) is 0 Å². The minimum absolute atomic E-state index is 0.143. The van der Waals surface area contributed by atoms with Gasteiger partial charge in [0.1, 0.15) is 11.4 Å². The number of hydrogen-bond acceptors (Lipinski definition) is 5. The van der Waals surface area contributed by atoms with E-state index in [0.29, 0.717) is 22.6 Å². The molecule has 0 aliphatic carbocycles. The van der Waals surface area contributed by atoms with Crippen LogP contribution < -0.4 is 4.90 Å². The molecule has 0 unspecified atom stereocenters. The van der Waals surface area contributed by atoms with Gasteiger partial charge in [0.2, 0.25) is 0 Å². The number of hydrogen-bond donors (Lipinski definition) is 2. The van der Waals surface area contributed by atoms with Crippen molar-refractivity contribution in [2.24, 2.45) is 0 Å². The molecule has 2 heterocycles. The number of ether oxygens (including phenoxy) is 1. The molecule has 0 bridgehead atoms. The van der Waals surface area contributed by atoms with E-state index in [1.165, 1.54) is 0 Å². The lowest BCUT2D eigenvalue weighted by molar-refractivity contribution is 0.0526. The van der Waals surface area contributed by atoms with Gasteiger partial charge in [-0.3, -0.25) is 14.8 Å². The summed E-state index contributed by atoms with van der Waals surface area (Å²) in [6.45, 7) is 2.04. The molecule has 0 saturated heterocycles. The number of nitrogens with zero attached hydrogens (tertiary/aromatic N) is 2. The number of benzene rings is 3. The Morgan fingerprint density at radius 1 is 1.03 bits per heavy atom. The third-order valence-corrected chi connectivity index (χ3v) is 5.68. The molecule has 1 aliphatic rings. The van der Waals surface area contributed by atoms with Crippen molar-refractivity contribution in [3.8, 4) is 17.0 Å². The number of carbonyl (C=O) groups excluding carboxylic acids is 2. The molecule has 4 aromatic rings. The van der Waals surface area contributed by atoms with Crippen LogP contribution in [0.1, 0.15) is 44.9 Å². The van der Waals surface area contributed by atoms with Crippen LogP contribution in [0.25, 0.3) is 11.3 Å². The van der Waals surface area contributed by atoms with Gasteiger partial charge >= 0.3 is 5.97 Å². The molecule has 33 heavy (non-hydrogen) atoms. The lowest BCUT2D eigenvalue weighted by atomic mass is 9.95. The number of carbonyl (C=O) groups is 2. The van der Waals surface area contributed by atoms with E-state index < -0.39 is 12.0 Å². The van der Waals surface area contributed by atoms with Gasteiger partial charge < -0.3 is 9.84 Å². The minimum atomic E-state index is -0.463. The van der Waals surface area contributed by atoms with Crippen LogP contribution in [0.4, 0.5) is 5.69 Å². The van der Waals surface area contributed by atoms with E-state index in [0.717, 1.165) is 16.7 Å². The van der Waals surface area contributed by atoms with Crippen LogP contribution in [0, 0.1) is 0 Å². The van der Waals surface area contributed by atoms with Crippen LogP contribution in [0.15, 0.2) is 78.9 Å². The molecule has 1 aromatic heterocycles. The van der Waals surface area contributed by atoms with E-state index in [1.807, 2.05) is 30.3 Å². The fraction of sp³-hybridized carbons (Fsp3) is 0.115. The van der Waals surface area contributed by atoms with Crippen LogP contribution in [-0.2, 0) is 4.74 Å². The molecular formula is C26H21N3O4. The summed E-state index contributed by atoms with van der Waals surface area (Å²) < 4.78 is 5.06. The van der Waals surface area contributed by atoms with E-state index >= 15 is 0 Å². The monoisotopic (exact) mass is 439 g/mol. The summed E-state index contributed by atoms with van der Waals surface area (Å²) in [4.78, 5) is 27.3. The number of rotatable bonds is 5. The first-order valence-electron chi connectivity index (χ1n) is 10.6. The molecule has 3 aromatic carbocycles. The normalized spacial score (nSPS) is 14.9. The van der Waals surface area contributed by atoms with E-state index in [9.17, 15) is 14.7 Å². The number of anilines is 1. The van der Waals surface area contributed by atoms with Crippen molar-refractivity contribution in [3.05, 3.63) is 101 Å². The van der Waals surface area contributed by atoms with Crippen LogP contribution in [-0.4, -0.2) is 33.8 Å². The second kappa shape index (κ2) is 8.27. The number of fused-ring (bicyclic) bond motifs is 1. The van der Waals surface area contributed by atoms with Crippen molar-refractivity contribution < 1.29 is 19.4 Å². The number of amides is 1. The van der Waals surface area contributed by atoms with Gasteiger partial charge in [-0.15, -0.1) is 0 Å². The van der Waals surface area contributed by atoms with Crippen molar-refractivity contribution >= 4 is 17.6 Å². The quantitative estimate of drug-likeness (QED) is 0.439. The zero-order chi connectivity index (χ0) is 22.9. The summed E-state index contributed by atoms with van der Waals surface area (Å²) in [5.74, 6) is -0.488. The standard InChI is InChI=1S/C26H21N3O4/c1-2-33-26(32)18-8-12-19(13-9-18)29-24(17-10-14-20(30)15-11-17)21-22(16-6-4-3-5-7-16)27-28-23(21)25(29)31/h3-15,24,30H,2H2,1H3,(H,27,28)/t24-/m0/s1. The molecular weight excluding hydrogens is 418 g/mol. The van der Waals surface area contributed by atoms with Crippen molar-refractivity contribution in [1.29, 1.82) is 0 Å². The summed E-state index contributed by atoms with van der Waals surface area (Å²) in [5, 5.41) is 17.2. The first-order valence-corrected chi connectivity index (χ1v) is 10.6.